The Morgan fingerprint density at radius 3 is 2.20 bits per heavy atom. The Kier molecular flexibility index (Phi) is 2.62. The zero-order chi connectivity index (χ0) is 7.45. The highest BCUT2D eigenvalue weighted by molar-refractivity contribution is 4.78. The van der Waals surface area contributed by atoms with E-state index in [0.717, 1.165) is 0 Å². The second kappa shape index (κ2) is 3.30. The summed E-state index contributed by atoms with van der Waals surface area (Å²) in [7, 11) is 0. The average molecular weight is 148 g/mol. The quantitative estimate of drug-likeness (QED) is 0.509. The molecule has 0 aliphatic carbocycles. The summed E-state index contributed by atoms with van der Waals surface area (Å²) in [5.74, 6) is 0. The van der Waals surface area contributed by atoms with Crippen LogP contribution >= 0.6 is 0 Å². The molecule has 1 fully saturated rings. The minimum absolute atomic E-state index is 0.0488. The van der Waals surface area contributed by atoms with Gasteiger partial charge in [-0.05, 0) is 6.42 Å². The predicted octanol–water partition coefficient (Wildman–Crippen LogP) is -0.691. The van der Waals surface area contributed by atoms with Crippen LogP contribution in [0.15, 0.2) is 0 Å². The van der Waals surface area contributed by atoms with Crippen LogP contribution in [-0.4, -0.2) is 36.6 Å². The van der Waals surface area contributed by atoms with Gasteiger partial charge in [0.25, 0.3) is 0 Å². The molecule has 1 heterocycles. The first-order valence-electron chi connectivity index (χ1n) is 3.29. The van der Waals surface area contributed by atoms with Crippen LogP contribution in [0.2, 0.25) is 0 Å². The molecule has 0 aromatic carbocycles. The third-order valence-electron chi connectivity index (χ3n) is 1.83. The lowest BCUT2D eigenvalue weighted by Crippen LogP contribution is -2.39. The molecule has 2 N–H and O–H groups in total. The fourth-order valence-electron chi connectivity index (χ4n) is 0.855. The van der Waals surface area contributed by atoms with Crippen molar-refractivity contribution in [3.8, 4) is 0 Å². The van der Waals surface area contributed by atoms with E-state index >= 15 is 0 Å². The molecule has 0 aromatic heterocycles. The van der Waals surface area contributed by atoms with E-state index in [-0.39, 0.29) is 19.8 Å². The number of rotatable bonds is 2. The normalized spacial score (nSPS) is 24.6. The van der Waals surface area contributed by atoms with E-state index in [2.05, 4.69) is 9.78 Å². The summed E-state index contributed by atoms with van der Waals surface area (Å²) in [6.07, 6.45) is 0.653. The largest absolute Gasteiger partial charge is 0.396 e. The third-order valence-corrected chi connectivity index (χ3v) is 1.83. The maximum Gasteiger partial charge on any atom is 0.0923 e. The average Bonchev–Trinajstić information content (AvgIpc) is 2.06. The van der Waals surface area contributed by atoms with E-state index in [9.17, 15) is 0 Å². The fourth-order valence-corrected chi connectivity index (χ4v) is 0.855. The molecule has 0 radical (unpaired) electrons. The Hall–Kier alpha value is -0.160. The van der Waals surface area contributed by atoms with Gasteiger partial charge in [-0.25, -0.2) is 9.78 Å². The zero-order valence-electron chi connectivity index (χ0n) is 5.75. The maximum atomic E-state index is 8.85. The van der Waals surface area contributed by atoms with Crippen molar-refractivity contribution in [3.63, 3.8) is 0 Å². The molecule has 0 spiro atoms. The molecule has 1 saturated heterocycles. The standard InChI is InChI=1S/C6H12O4/c7-3-6(4-8)1-2-9-10-5-6/h7-8H,1-5H2. The van der Waals surface area contributed by atoms with Gasteiger partial charge in [-0.15, -0.1) is 0 Å². The highest BCUT2D eigenvalue weighted by Crippen LogP contribution is 2.24. The van der Waals surface area contributed by atoms with Crippen molar-refractivity contribution in [2.45, 2.75) is 6.42 Å². The van der Waals surface area contributed by atoms with Crippen molar-refractivity contribution in [3.05, 3.63) is 0 Å². The van der Waals surface area contributed by atoms with E-state index in [0.29, 0.717) is 13.0 Å². The lowest BCUT2D eigenvalue weighted by molar-refractivity contribution is -0.345. The summed E-state index contributed by atoms with van der Waals surface area (Å²) in [5.41, 5.74) is -0.474. The van der Waals surface area contributed by atoms with Crippen molar-refractivity contribution >= 4 is 0 Å². The molecular formula is C6H12O4. The number of hydrogen-bond acceptors (Lipinski definition) is 4. The molecule has 1 rings (SSSR count). The van der Waals surface area contributed by atoms with Crippen LogP contribution in [-0.2, 0) is 9.78 Å². The van der Waals surface area contributed by atoms with Crippen molar-refractivity contribution < 1.29 is 20.0 Å². The fraction of sp³-hybridized carbons (Fsp3) is 1.00. The van der Waals surface area contributed by atoms with Crippen LogP contribution in [0, 0.1) is 5.41 Å². The molecular weight excluding hydrogens is 136 g/mol. The van der Waals surface area contributed by atoms with Crippen molar-refractivity contribution in [1.82, 2.24) is 0 Å². The van der Waals surface area contributed by atoms with Gasteiger partial charge in [-0.2, -0.15) is 0 Å². The second-order valence-electron chi connectivity index (χ2n) is 2.65. The van der Waals surface area contributed by atoms with Crippen LogP contribution in [0.5, 0.6) is 0 Å². The van der Waals surface area contributed by atoms with E-state index in [1.54, 1.807) is 0 Å². The summed E-state index contributed by atoms with van der Waals surface area (Å²) >= 11 is 0. The van der Waals surface area contributed by atoms with Crippen LogP contribution in [0.1, 0.15) is 6.42 Å². The first kappa shape index (κ1) is 7.94. The van der Waals surface area contributed by atoms with Crippen LogP contribution in [0.4, 0.5) is 0 Å². The Bertz CT molecular complexity index is 91.9. The summed E-state index contributed by atoms with van der Waals surface area (Å²) in [5, 5.41) is 17.7. The van der Waals surface area contributed by atoms with Gasteiger partial charge in [0.05, 0.1) is 26.4 Å². The Morgan fingerprint density at radius 1 is 1.20 bits per heavy atom. The lowest BCUT2D eigenvalue weighted by Gasteiger charge is -2.31. The van der Waals surface area contributed by atoms with Crippen LogP contribution in [0.3, 0.4) is 0 Å². The molecule has 0 amide bonds. The number of aliphatic hydroxyl groups is 2. The first-order valence-corrected chi connectivity index (χ1v) is 3.29. The highest BCUT2D eigenvalue weighted by Gasteiger charge is 2.32. The monoisotopic (exact) mass is 148 g/mol. The molecule has 4 heteroatoms. The molecule has 0 aromatic rings. The summed E-state index contributed by atoms with van der Waals surface area (Å²) in [6, 6.07) is 0. The Labute approximate surface area is 59.3 Å². The van der Waals surface area contributed by atoms with Gasteiger partial charge in [0.1, 0.15) is 0 Å². The smallest absolute Gasteiger partial charge is 0.0923 e. The summed E-state index contributed by atoms with van der Waals surface area (Å²) in [4.78, 5) is 9.25. The molecule has 4 nitrogen and oxygen atoms in total. The lowest BCUT2D eigenvalue weighted by atomic mass is 9.87. The van der Waals surface area contributed by atoms with Gasteiger partial charge in [0, 0.05) is 5.41 Å². The highest BCUT2D eigenvalue weighted by atomic mass is 17.2. The van der Waals surface area contributed by atoms with E-state index in [4.69, 9.17) is 10.2 Å². The number of hydrogen-bond donors (Lipinski definition) is 2. The van der Waals surface area contributed by atoms with Gasteiger partial charge in [-0.1, -0.05) is 0 Å². The topological polar surface area (TPSA) is 58.9 Å². The third kappa shape index (κ3) is 1.46. The molecule has 0 bridgehead atoms. The summed E-state index contributed by atoms with van der Waals surface area (Å²) < 4.78 is 0. The second-order valence-corrected chi connectivity index (χ2v) is 2.65. The van der Waals surface area contributed by atoms with Crippen molar-refractivity contribution in [2.24, 2.45) is 5.41 Å². The van der Waals surface area contributed by atoms with Gasteiger partial charge >= 0.3 is 0 Å². The van der Waals surface area contributed by atoms with E-state index in [1.807, 2.05) is 0 Å². The molecule has 10 heavy (non-hydrogen) atoms. The molecule has 0 unspecified atom stereocenters. The molecule has 1 aliphatic rings. The van der Waals surface area contributed by atoms with Crippen LogP contribution < -0.4 is 0 Å². The minimum atomic E-state index is -0.474. The Balaban J connectivity index is 2.44. The Morgan fingerprint density at radius 2 is 1.90 bits per heavy atom. The maximum absolute atomic E-state index is 8.85. The molecule has 1 aliphatic heterocycles. The van der Waals surface area contributed by atoms with Gasteiger partial charge in [0.2, 0.25) is 0 Å². The number of aliphatic hydroxyl groups excluding tert-OH is 2. The van der Waals surface area contributed by atoms with E-state index in [1.165, 1.54) is 0 Å². The van der Waals surface area contributed by atoms with Crippen molar-refractivity contribution in [2.75, 3.05) is 26.4 Å². The van der Waals surface area contributed by atoms with E-state index < -0.39 is 5.41 Å². The minimum Gasteiger partial charge on any atom is -0.396 e. The summed E-state index contributed by atoms with van der Waals surface area (Å²) in [6.45, 7) is 0.626. The van der Waals surface area contributed by atoms with Crippen molar-refractivity contribution in [1.29, 1.82) is 0 Å². The van der Waals surface area contributed by atoms with Gasteiger partial charge < -0.3 is 10.2 Å². The zero-order valence-corrected chi connectivity index (χ0v) is 5.75. The molecule has 0 saturated carbocycles. The first-order chi connectivity index (χ1) is 4.83. The molecule has 60 valence electrons. The predicted molar refractivity (Wildman–Crippen MR) is 33.1 cm³/mol. The van der Waals surface area contributed by atoms with Gasteiger partial charge in [-0.3, -0.25) is 0 Å². The molecule has 0 atom stereocenters. The van der Waals surface area contributed by atoms with Crippen LogP contribution in [0.25, 0.3) is 0 Å². The SMILES string of the molecule is OCC1(CO)CCOOC1. The van der Waals surface area contributed by atoms with Gasteiger partial charge in [0.15, 0.2) is 0 Å².